The van der Waals surface area contributed by atoms with Crippen molar-refractivity contribution in [3.63, 3.8) is 0 Å². The first-order valence-corrected chi connectivity index (χ1v) is 7.49. The highest BCUT2D eigenvalue weighted by Crippen LogP contribution is 2.24. The van der Waals surface area contributed by atoms with Crippen molar-refractivity contribution in [2.45, 2.75) is 31.8 Å². The maximum absolute atomic E-state index is 13.9. The number of carbonyl (C=O) groups is 1. The maximum atomic E-state index is 13.9. The molecule has 2 aromatic rings. The lowest BCUT2D eigenvalue weighted by atomic mass is 9.99. The summed E-state index contributed by atoms with van der Waals surface area (Å²) in [5, 5.41) is 13.0. The number of hydrogen-bond donors (Lipinski definition) is 3. The summed E-state index contributed by atoms with van der Waals surface area (Å²) in [5.41, 5.74) is 1.12. The molecular weight excluding hydrogens is 319 g/mol. The molecule has 1 aliphatic rings. The van der Waals surface area contributed by atoms with Gasteiger partial charge in [-0.15, -0.1) is 12.4 Å². The quantitative estimate of drug-likeness (QED) is 0.805. The van der Waals surface area contributed by atoms with Crippen molar-refractivity contribution in [2.75, 3.05) is 6.54 Å². The van der Waals surface area contributed by atoms with Crippen LogP contribution in [0.25, 0.3) is 11.3 Å². The van der Waals surface area contributed by atoms with Crippen molar-refractivity contribution in [1.82, 2.24) is 20.8 Å². The molecule has 2 atom stereocenters. The molecule has 7 heteroatoms. The van der Waals surface area contributed by atoms with Crippen LogP contribution in [-0.2, 0) is 0 Å². The lowest BCUT2D eigenvalue weighted by Crippen LogP contribution is -2.51. The van der Waals surface area contributed by atoms with E-state index >= 15 is 0 Å². The number of amides is 1. The van der Waals surface area contributed by atoms with E-state index in [-0.39, 0.29) is 36.2 Å². The van der Waals surface area contributed by atoms with Gasteiger partial charge in [0.25, 0.3) is 5.91 Å². The Hall–Kier alpha value is -1.92. The van der Waals surface area contributed by atoms with E-state index in [1.807, 2.05) is 0 Å². The second kappa shape index (κ2) is 7.57. The van der Waals surface area contributed by atoms with Gasteiger partial charge in [0.1, 0.15) is 5.82 Å². The lowest BCUT2D eigenvalue weighted by molar-refractivity contribution is 0.0920. The average Bonchev–Trinajstić information content (AvgIpc) is 2.99. The summed E-state index contributed by atoms with van der Waals surface area (Å²) in [5.74, 6) is -0.610. The minimum atomic E-state index is -0.381. The number of carbonyl (C=O) groups excluding carboxylic acids is 1. The Labute approximate surface area is 140 Å². The number of rotatable bonds is 3. The third-order valence-electron chi connectivity index (χ3n) is 4.11. The van der Waals surface area contributed by atoms with Crippen LogP contribution in [0, 0.1) is 5.82 Å². The number of benzene rings is 1. The third-order valence-corrected chi connectivity index (χ3v) is 4.11. The van der Waals surface area contributed by atoms with Crippen LogP contribution in [0.15, 0.2) is 30.5 Å². The van der Waals surface area contributed by atoms with Gasteiger partial charge in [-0.25, -0.2) is 4.39 Å². The van der Waals surface area contributed by atoms with Crippen LogP contribution >= 0.6 is 12.4 Å². The molecule has 0 saturated carbocycles. The number of aromatic amines is 1. The summed E-state index contributed by atoms with van der Waals surface area (Å²) < 4.78 is 13.9. The minimum absolute atomic E-state index is 0. The van der Waals surface area contributed by atoms with Crippen molar-refractivity contribution >= 4 is 18.3 Å². The molecule has 1 fully saturated rings. The Morgan fingerprint density at radius 2 is 2.17 bits per heavy atom. The van der Waals surface area contributed by atoms with Gasteiger partial charge in [-0.1, -0.05) is 12.1 Å². The summed E-state index contributed by atoms with van der Waals surface area (Å²) >= 11 is 0. The van der Waals surface area contributed by atoms with Crippen molar-refractivity contribution in [3.8, 4) is 11.3 Å². The molecule has 2 heterocycles. The minimum Gasteiger partial charge on any atom is -0.348 e. The molecule has 1 saturated heterocycles. The molecule has 1 aromatic carbocycles. The third kappa shape index (κ3) is 3.71. The van der Waals surface area contributed by atoms with Gasteiger partial charge < -0.3 is 10.6 Å². The molecule has 1 aliphatic heterocycles. The molecule has 0 aliphatic carbocycles. The molecule has 1 aromatic heterocycles. The Bertz CT molecular complexity index is 676. The Kier molecular flexibility index (Phi) is 5.74. The smallest absolute Gasteiger partial charge is 0.255 e. The number of nitrogens with zero attached hydrogens (tertiary/aromatic N) is 1. The van der Waals surface area contributed by atoms with E-state index in [1.165, 1.54) is 12.3 Å². The first-order valence-electron chi connectivity index (χ1n) is 7.49. The fourth-order valence-electron chi connectivity index (χ4n) is 2.81. The first-order chi connectivity index (χ1) is 10.7. The predicted molar refractivity (Wildman–Crippen MR) is 89.2 cm³/mol. The van der Waals surface area contributed by atoms with E-state index in [2.05, 4.69) is 27.8 Å². The van der Waals surface area contributed by atoms with Gasteiger partial charge in [-0.2, -0.15) is 5.10 Å². The Morgan fingerprint density at radius 1 is 1.39 bits per heavy atom. The normalized spacial score (nSPS) is 20.6. The number of H-pyrrole nitrogens is 1. The zero-order valence-electron chi connectivity index (χ0n) is 12.8. The van der Waals surface area contributed by atoms with Crippen LogP contribution in [0.1, 0.15) is 30.1 Å². The van der Waals surface area contributed by atoms with Crippen LogP contribution < -0.4 is 10.6 Å². The van der Waals surface area contributed by atoms with Crippen LogP contribution in [0.5, 0.6) is 0 Å². The molecule has 2 unspecified atom stereocenters. The van der Waals surface area contributed by atoms with Crippen molar-refractivity contribution in [2.24, 2.45) is 0 Å². The summed E-state index contributed by atoms with van der Waals surface area (Å²) in [6.07, 6.45) is 3.41. The van der Waals surface area contributed by atoms with E-state index in [9.17, 15) is 9.18 Å². The summed E-state index contributed by atoms with van der Waals surface area (Å²) in [6, 6.07) is 6.64. The van der Waals surface area contributed by atoms with E-state index < -0.39 is 0 Å². The van der Waals surface area contributed by atoms with Crippen molar-refractivity contribution in [1.29, 1.82) is 0 Å². The number of hydrogen-bond acceptors (Lipinski definition) is 3. The molecule has 124 valence electrons. The summed E-state index contributed by atoms with van der Waals surface area (Å²) in [4.78, 5) is 12.5. The monoisotopic (exact) mass is 338 g/mol. The van der Waals surface area contributed by atoms with Gasteiger partial charge in [-0.05, 0) is 38.4 Å². The molecule has 0 spiro atoms. The molecule has 1 amide bonds. The van der Waals surface area contributed by atoms with E-state index in [0.717, 1.165) is 19.4 Å². The van der Waals surface area contributed by atoms with Crippen molar-refractivity contribution < 1.29 is 9.18 Å². The number of nitrogens with one attached hydrogen (secondary N) is 3. The topological polar surface area (TPSA) is 69.8 Å². The number of halogens is 2. The highest BCUT2D eigenvalue weighted by atomic mass is 35.5. The summed E-state index contributed by atoms with van der Waals surface area (Å²) in [6.45, 7) is 3.02. The van der Waals surface area contributed by atoms with Gasteiger partial charge in [-0.3, -0.25) is 9.89 Å². The van der Waals surface area contributed by atoms with Crippen LogP contribution in [0.3, 0.4) is 0 Å². The highest BCUT2D eigenvalue weighted by Gasteiger charge is 2.25. The van der Waals surface area contributed by atoms with E-state index in [4.69, 9.17) is 0 Å². The highest BCUT2D eigenvalue weighted by molar-refractivity contribution is 6.00. The second-order valence-corrected chi connectivity index (χ2v) is 5.60. The predicted octanol–water partition coefficient (Wildman–Crippen LogP) is 2.51. The molecule has 3 N–H and O–H groups in total. The maximum Gasteiger partial charge on any atom is 0.255 e. The van der Waals surface area contributed by atoms with E-state index in [1.54, 1.807) is 18.2 Å². The van der Waals surface area contributed by atoms with Crippen LogP contribution in [0.2, 0.25) is 0 Å². The largest absolute Gasteiger partial charge is 0.348 e. The first kappa shape index (κ1) is 17.4. The van der Waals surface area contributed by atoms with Gasteiger partial charge in [0.2, 0.25) is 0 Å². The van der Waals surface area contributed by atoms with Crippen LogP contribution in [-0.4, -0.2) is 34.7 Å². The Balaban J connectivity index is 0.00000192. The SMILES string of the molecule is CC1NCCCC1NC(=O)c1cn[nH]c1-c1ccccc1F.Cl. The number of aromatic nitrogens is 2. The lowest BCUT2D eigenvalue weighted by Gasteiger charge is -2.30. The molecule has 0 bridgehead atoms. The van der Waals surface area contributed by atoms with Gasteiger partial charge >= 0.3 is 0 Å². The molecule has 0 radical (unpaired) electrons. The zero-order chi connectivity index (χ0) is 15.5. The average molecular weight is 339 g/mol. The molecular formula is C16H20ClFN4O. The van der Waals surface area contributed by atoms with E-state index in [0.29, 0.717) is 16.8 Å². The molecule has 5 nitrogen and oxygen atoms in total. The van der Waals surface area contributed by atoms with Gasteiger partial charge in [0.15, 0.2) is 0 Å². The standard InChI is InChI=1S/C16H19FN4O.ClH/c1-10-14(7-4-8-18-10)20-16(22)12-9-19-21-15(12)11-5-2-3-6-13(11)17;/h2-3,5-6,9-10,14,18H,4,7-8H2,1H3,(H,19,21)(H,20,22);1H. The number of piperidine rings is 1. The van der Waals surface area contributed by atoms with Gasteiger partial charge in [0.05, 0.1) is 17.5 Å². The summed E-state index contributed by atoms with van der Waals surface area (Å²) in [7, 11) is 0. The fraction of sp³-hybridized carbons (Fsp3) is 0.375. The fourth-order valence-corrected chi connectivity index (χ4v) is 2.81. The molecule has 3 rings (SSSR count). The van der Waals surface area contributed by atoms with Crippen molar-refractivity contribution in [3.05, 3.63) is 41.8 Å². The molecule has 23 heavy (non-hydrogen) atoms. The second-order valence-electron chi connectivity index (χ2n) is 5.60. The van der Waals surface area contributed by atoms with Crippen LogP contribution in [0.4, 0.5) is 4.39 Å². The van der Waals surface area contributed by atoms with Gasteiger partial charge in [0, 0.05) is 17.6 Å². The zero-order valence-corrected chi connectivity index (χ0v) is 13.6. The Morgan fingerprint density at radius 3 is 2.91 bits per heavy atom.